The van der Waals surface area contributed by atoms with Gasteiger partial charge in [-0.2, -0.15) is 9.97 Å². The van der Waals surface area contributed by atoms with Gasteiger partial charge >= 0.3 is 0 Å². The standard InChI is InChI=1S/C22H26BrN5O2S.C10H12ClN3O2S/c23-14-1-3-15(4-2-14)27-11-16-5-6-17(12-27)28(16)21-24-18-7-10-31(30)19(18)20(25-21)26-22(13-29)8-9-22;11-9-12-6-1-4-17(16)7(6)8(13-9)14-10(5-15)2-3-10/h1-4,16-17,29H,5-13H2,(H,24,25,26);15H,1-5H2,(H,12,13,14). The minimum atomic E-state index is -1.07. The number of hydrogen-bond acceptors (Lipinski definition) is 12. The van der Waals surface area contributed by atoms with Gasteiger partial charge < -0.3 is 30.6 Å². The first kappa shape index (κ1) is 32.8. The number of benzene rings is 1. The van der Waals surface area contributed by atoms with Crippen LogP contribution in [0.5, 0.6) is 0 Å². The van der Waals surface area contributed by atoms with Crippen LogP contribution in [0.4, 0.5) is 23.3 Å². The smallest absolute Gasteiger partial charge is 0.228 e. The molecule has 2 saturated carbocycles. The number of aliphatic hydroxyl groups is 2. The second kappa shape index (κ2) is 12.7. The van der Waals surface area contributed by atoms with Gasteiger partial charge in [0.2, 0.25) is 11.2 Å². The van der Waals surface area contributed by atoms with E-state index in [1.165, 1.54) is 5.69 Å². The van der Waals surface area contributed by atoms with Crippen LogP contribution in [-0.4, -0.2) is 99.5 Å². The van der Waals surface area contributed by atoms with Crippen molar-refractivity contribution in [2.75, 3.05) is 58.2 Å². The van der Waals surface area contributed by atoms with Crippen molar-refractivity contribution in [2.45, 2.75) is 84.3 Å². The van der Waals surface area contributed by atoms with Crippen LogP contribution in [0.3, 0.4) is 0 Å². The molecule has 256 valence electrons. The first-order chi connectivity index (χ1) is 23.2. The van der Waals surface area contributed by atoms with E-state index in [2.05, 4.69) is 70.6 Å². The normalized spacial score (nSPS) is 26.8. The Balaban J connectivity index is 0.000000167. The maximum Gasteiger partial charge on any atom is 0.228 e. The summed E-state index contributed by atoms with van der Waals surface area (Å²) in [5, 5.41) is 25.9. The van der Waals surface area contributed by atoms with E-state index in [0.717, 1.165) is 84.7 Å². The van der Waals surface area contributed by atoms with Crippen molar-refractivity contribution in [1.82, 2.24) is 19.9 Å². The van der Waals surface area contributed by atoms with Gasteiger partial charge in [-0.1, -0.05) is 15.9 Å². The number of fused-ring (bicyclic) bond motifs is 4. The minimum absolute atomic E-state index is 0.0516. The highest BCUT2D eigenvalue weighted by Crippen LogP contribution is 2.43. The summed E-state index contributed by atoms with van der Waals surface area (Å²) in [6, 6.07) is 9.28. The highest BCUT2D eigenvalue weighted by molar-refractivity contribution is 9.10. The molecule has 0 amide bonds. The molecule has 2 bridgehead atoms. The Morgan fingerprint density at radius 3 is 1.85 bits per heavy atom. The van der Waals surface area contributed by atoms with E-state index >= 15 is 0 Å². The van der Waals surface area contributed by atoms with Crippen molar-refractivity contribution in [3.8, 4) is 0 Å². The van der Waals surface area contributed by atoms with Crippen LogP contribution < -0.4 is 20.4 Å². The van der Waals surface area contributed by atoms with Crippen LogP contribution in [0, 0.1) is 0 Å². The molecule has 4 aliphatic heterocycles. The number of hydrogen-bond donors (Lipinski definition) is 4. The third-order valence-corrected chi connectivity index (χ3v) is 13.9. The zero-order valence-electron chi connectivity index (χ0n) is 26.3. The molecule has 3 aromatic rings. The number of piperazine rings is 1. The van der Waals surface area contributed by atoms with E-state index in [4.69, 9.17) is 21.6 Å². The first-order valence-electron chi connectivity index (χ1n) is 16.5. The number of nitrogens with one attached hydrogen (secondary N) is 2. The van der Waals surface area contributed by atoms with Crippen molar-refractivity contribution < 1.29 is 18.6 Å². The Kier molecular flexibility index (Phi) is 8.68. The Morgan fingerprint density at radius 1 is 0.812 bits per heavy atom. The van der Waals surface area contributed by atoms with Gasteiger partial charge in [-0.3, -0.25) is 8.42 Å². The van der Waals surface area contributed by atoms with Crippen LogP contribution >= 0.6 is 27.5 Å². The molecule has 4 atom stereocenters. The molecule has 2 saturated heterocycles. The molecule has 0 radical (unpaired) electrons. The van der Waals surface area contributed by atoms with E-state index in [1.54, 1.807) is 0 Å². The second-order valence-corrected chi connectivity index (χ2v) is 17.9. The molecule has 1 aromatic carbocycles. The SMILES string of the molecule is O=S1CCc2nc(Cl)nc(NC3(CO)CC3)c21.O=S1CCc2nc(N3C4CCC3CN(c3ccc(Br)cc3)C4)nc(NC3(CO)CC3)c21. The van der Waals surface area contributed by atoms with Gasteiger partial charge in [-0.05, 0) is 74.4 Å². The number of aryl methyl sites for hydroxylation is 2. The van der Waals surface area contributed by atoms with E-state index in [-0.39, 0.29) is 29.6 Å². The monoisotopic (exact) mass is 776 g/mol. The first-order valence-corrected chi connectivity index (χ1v) is 20.3. The Bertz CT molecular complexity index is 1780. The summed E-state index contributed by atoms with van der Waals surface area (Å²) in [6.07, 6.45) is 7.29. The summed E-state index contributed by atoms with van der Waals surface area (Å²) in [4.78, 5) is 24.3. The van der Waals surface area contributed by atoms with Gasteiger partial charge in [0.1, 0.15) is 21.4 Å². The van der Waals surface area contributed by atoms with Gasteiger partial charge in [0.05, 0.1) is 57.3 Å². The number of halogens is 2. The zero-order valence-corrected chi connectivity index (χ0v) is 30.3. The predicted octanol–water partition coefficient (Wildman–Crippen LogP) is 3.43. The molecule has 6 heterocycles. The Morgan fingerprint density at radius 2 is 1.33 bits per heavy atom. The van der Waals surface area contributed by atoms with Gasteiger partial charge in [-0.15, -0.1) is 0 Å². The zero-order chi connectivity index (χ0) is 33.2. The summed E-state index contributed by atoms with van der Waals surface area (Å²) in [5.41, 5.74) is 2.34. The molecule has 2 aliphatic carbocycles. The Labute approximate surface area is 297 Å². The van der Waals surface area contributed by atoms with Gasteiger partial charge in [0.15, 0.2) is 0 Å². The summed E-state index contributed by atoms with van der Waals surface area (Å²) >= 11 is 9.37. The lowest BCUT2D eigenvalue weighted by atomic mass is 10.1. The van der Waals surface area contributed by atoms with Gasteiger partial charge in [0.25, 0.3) is 0 Å². The molecule has 4 fully saturated rings. The van der Waals surface area contributed by atoms with Crippen LogP contribution in [0.25, 0.3) is 0 Å². The number of aliphatic hydroxyl groups excluding tert-OH is 2. The molecular weight excluding hydrogens is 740 g/mol. The topological polar surface area (TPSA) is 157 Å². The molecular formula is C32H38BrClN8O4S2. The minimum Gasteiger partial charge on any atom is -0.394 e. The largest absolute Gasteiger partial charge is 0.394 e. The number of rotatable bonds is 8. The van der Waals surface area contributed by atoms with Crippen LogP contribution in [0.2, 0.25) is 5.28 Å². The molecule has 4 N–H and O–H groups in total. The summed E-state index contributed by atoms with van der Waals surface area (Å²) in [7, 11) is -2.12. The van der Waals surface area contributed by atoms with Crippen LogP contribution in [0.15, 0.2) is 38.5 Å². The quantitative estimate of drug-likeness (QED) is 0.248. The van der Waals surface area contributed by atoms with Crippen LogP contribution in [-0.2, 0) is 34.4 Å². The number of aromatic nitrogens is 4. The second-order valence-electron chi connectivity index (χ2n) is 13.7. The van der Waals surface area contributed by atoms with Crippen molar-refractivity contribution in [3.63, 3.8) is 0 Å². The maximum absolute atomic E-state index is 12.6. The molecule has 6 aliphatic rings. The van der Waals surface area contributed by atoms with Crippen LogP contribution in [0.1, 0.15) is 49.9 Å². The fourth-order valence-corrected chi connectivity index (χ4v) is 10.2. The molecule has 48 heavy (non-hydrogen) atoms. The lowest BCUT2D eigenvalue weighted by Crippen LogP contribution is -2.54. The van der Waals surface area contributed by atoms with E-state index in [0.29, 0.717) is 46.5 Å². The summed E-state index contributed by atoms with van der Waals surface area (Å²) in [6.45, 7) is 2.03. The summed E-state index contributed by atoms with van der Waals surface area (Å²) < 4.78 is 25.6. The van der Waals surface area contributed by atoms with Gasteiger partial charge in [0, 0.05) is 59.7 Å². The molecule has 16 heteroatoms. The average molecular weight is 778 g/mol. The molecule has 0 spiro atoms. The van der Waals surface area contributed by atoms with Crippen molar-refractivity contribution in [3.05, 3.63) is 45.4 Å². The summed E-state index contributed by atoms with van der Waals surface area (Å²) in [5.74, 6) is 3.15. The van der Waals surface area contributed by atoms with Crippen molar-refractivity contribution in [2.24, 2.45) is 0 Å². The lowest BCUT2D eigenvalue weighted by Gasteiger charge is -2.42. The van der Waals surface area contributed by atoms with Gasteiger partial charge in [-0.25, -0.2) is 9.97 Å². The highest BCUT2D eigenvalue weighted by atomic mass is 79.9. The fraction of sp³-hybridized carbons (Fsp3) is 0.562. The van der Waals surface area contributed by atoms with Crippen molar-refractivity contribution >= 4 is 72.4 Å². The highest BCUT2D eigenvalue weighted by Gasteiger charge is 2.46. The predicted molar refractivity (Wildman–Crippen MR) is 190 cm³/mol. The number of nitrogens with zero attached hydrogens (tertiary/aromatic N) is 6. The fourth-order valence-electron chi connectivity index (χ4n) is 7.18. The third-order valence-electron chi connectivity index (χ3n) is 10.3. The molecule has 4 unspecified atom stereocenters. The average Bonchev–Trinajstić information content (AvgIpc) is 3.94. The Hall–Kier alpha value is -2.43. The van der Waals surface area contributed by atoms with E-state index in [9.17, 15) is 18.6 Å². The van der Waals surface area contributed by atoms with Crippen molar-refractivity contribution in [1.29, 1.82) is 0 Å². The van der Waals surface area contributed by atoms with E-state index < -0.39 is 21.6 Å². The maximum atomic E-state index is 12.6. The third kappa shape index (κ3) is 6.23. The van der Waals surface area contributed by atoms with E-state index in [1.807, 2.05) is 0 Å². The number of anilines is 4. The lowest BCUT2D eigenvalue weighted by molar-refractivity contribution is 0.265. The molecule has 9 rings (SSSR count). The molecule has 12 nitrogen and oxygen atoms in total. The molecule has 2 aromatic heterocycles.